The maximum Gasteiger partial charge on any atom is 0.218 e. The average molecular weight is 239 g/mol. The van der Waals surface area contributed by atoms with Gasteiger partial charge in [-0.2, -0.15) is 11.8 Å². The molecular formula is C11H17N3OS. The summed E-state index contributed by atoms with van der Waals surface area (Å²) in [6.07, 6.45) is 3.41. The minimum atomic E-state index is 0.610. The molecule has 0 aliphatic carbocycles. The molecule has 0 aliphatic heterocycles. The third-order valence-corrected chi connectivity index (χ3v) is 2.69. The molecule has 1 rings (SSSR count). The number of ether oxygens (including phenoxy) is 1. The zero-order valence-corrected chi connectivity index (χ0v) is 10.3. The van der Waals surface area contributed by atoms with Crippen LogP contribution in [-0.4, -0.2) is 34.6 Å². The van der Waals surface area contributed by atoms with Gasteiger partial charge in [-0.25, -0.2) is 9.97 Å². The standard InChI is InChI=1S/C11H17N3OS/c1-3-6-16-7-5-12-10-8-11(15-4-2)14-9-13-10/h3,8-9H,1,4-7H2,2H3,(H,12,13,14). The van der Waals surface area contributed by atoms with E-state index in [1.807, 2.05) is 30.8 Å². The van der Waals surface area contributed by atoms with Gasteiger partial charge in [0.25, 0.3) is 0 Å². The van der Waals surface area contributed by atoms with Crippen molar-refractivity contribution in [3.63, 3.8) is 0 Å². The first-order valence-electron chi connectivity index (χ1n) is 5.24. The number of thioether (sulfide) groups is 1. The van der Waals surface area contributed by atoms with E-state index in [9.17, 15) is 0 Å². The summed E-state index contributed by atoms with van der Waals surface area (Å²) >= 11 is 1.83. The normalized spacial score (nSPS) is 9.81. The van der Waals surface area contributed by atoms with Crippen molar-refractivity contribution in [2.75, 3.05) is 30.0 Å². The first-order chi connectivity index (χ1) is 7.86. The van der Waals surface area contributed by atoms with E-state index in [-0.39, 0.29) is 0 Å². The lowest BCUT2D eigenvalue weighted by atomic mass is 10.5. The Kier molecular flexibility index (Phi) is 6.41. The Balaban J connectivity index is 2.30. The van der Waals surface area contributed by atoms with Crippen LogP contribution < -0.4 is 10.1 Å². The van der Waals surface area contributed by atoms with Gasteiger partial charge in [0, 0.05) is 24.1 Å². The van der Waals surface area contributed by atoms with Crippen LogP contribution in [0.15, 0.2) is 25.0 Å². The highest BCUT2D eigenvalue weighted by Gasteiger charge is 1.97. The Hall–Kier alpha value is -1.23. The maximum absolute atomic E-state index is 5.28. The Morgan fingerprint density at radius 1 is 1.56 bits per heavy atom. The topological polar surface area (TPSA) is 47.0 Å². The van der Waals surface area contributed by atoms with Crippen LogP contribution in [0.4, 0.5) is 5.82 Å². The van der Waals surface area contributed by atoms with Gasteiger partial charge in [-0.1, -0.05) is 6.08 Å². The lowest BCUT2D eigenvalue weighted by molar-refractivity contribution is 0.326. The summed E-state index contributed by atoms with van der Waals surface area (Å²) in [5, 5.41) is 3.22. The van der Waals surface area contributed by atoms with Crippen LogP contribution in [0.1, 0.15) is 6.92 Å². The first kappa shape index (κ1) is 12.8. The number of nitrogens with zero attached hydrogens (tertiary/aromatic N) is 2. The third kappa shape index (κ3) is 5.02. The molecule has 0 radical (unpaired) electrons. The summed E-state index contributed by atoms with van der Waals surface area (Å²) < 4.78 is 5.28. The van der Waals surface area contributed by atoms with Crippen molar-refractivity contribution in [2.45, 2.75) is 6.92 Å². The smallest absolute Gasteiger partial charge is 0.218 e. The predicted octanol–water partition coefficient (Wildman–Crippen LogP) is 2.21. The van der Waals surface area contributed by atoms with Gasteiger partial charge in [0.05, 0.1) is 6.61 Å². The zero-order chi connectivity index (χ0) is 11.6. The second kappa shape index (κ2) is 7.98. The van der Waals surface area contributed by atoms with Gasteiger partial charge in [0.15, 0.2) is 0 Å². The lowest BCUT2D eigenvalue weighted by Gasteiger charge is -2.06. The highest BCUT2D eigenvalue weighted by Crippen LogP contribution is 2.10. The molecule has 1 heterocycles. The van der Waals surface area contributed by atoms with Crippen LogP contribution in [-0.2, 0) is 0 Å². The largest absolute Gasteiger partial charge is 0.478 e. The van der Waals surface area contributed by atoms with Crippen LogP contribution in [0.25, 0.3) is 0 Å². The molecule has 0 amide bonds. The Morgan fingerprint density at radius 3 is 3.19 bits per heavy atom. The van der Waals surface area contributed by atoms with E-state index in [1.54, 1.807) is 0 Å². The van der Waals surface area contributed by atoms with E-state index < -0.39 is 0 Å². The summed E-state index contributed by atoms with van der Waals surface area (Å²) in [4.78, 5) is 8.10. The quantitative estimate of drug-likeness (QED) is 0.556. The number of nitrogens with one attached hydrogen (secondary N) is 1. The molecule has 16 heavy (non-hydrogen) atoms. The van der Waals surface area contributed by atoms with Gasteiger partial charge in [0.1, 0.15) is 12.1 Å². The van der Waals surface area contributed by atoms with E-state index in [2.05, 4.69) is 21.9 Å². The van der Waals surface area contributed by atoms with E-state index in [0.29, 0.717) is 12.5 Å². The molecule has 0 aliphatic rings. The van der Waals surface area contributed by atoms with Gasteiger partial charge >= 0.3 is 0 Å². The van der Waals surface area contributed by atoms with Crippen LogP contribution in [0.5, 0.6) is 5.88 Å². The van der Waals surface area contributed by atoms with E-state index in [0.717, 1.165) is 23.9 Å². The molecule has 1 N–H and O–H groups in total. The molecule has 1 aromatic rings. The van der Waals surface area contributed by atoms with Crippen LogP contribution in [0.3, 0.4) is 0 Å². The number of hydrogen-bond donors (Lipinski definition) is 1. The molecule has 0 atom stereocenters. The monoisotopic (exact) mass is 239 g/mol. The molecular weight excluding hydrogens is 222 g/mol. The summed E-state index contributed by atoms with van der Waals surface area (Å²) in [5.41, 5.74) is 0. The SMILES string of the molecule is C=CCSCCNc1cc(OCC)ncn1. The van der Waals surface area contributed by atoms with Gasteiger partial charge in [-0.15, -0.1) is 6.58 Å². The van der Waals surface area contributed by atoms with Crippen molar-refractivity contribution in [3.05, 3.63) is 25.0 Å². The van der Waals surface area contributed by atoms with Crippen LogP contribution >= 0.6 is 11.8 Å². The molecule has 5 heteroatoms. The van der Waals surface area contributed by atoms with E-state index >= 15 is 0 Å². The van der Waals surface area contributed by atoms with Gasteiger partial charge in [-0.05, 0) is 6.92 Å². The fraction of sp³-hybridized carbons (Fsp3) is 0.455. The average Bonchev–Trinajstić information content (AvgIpc) is 2.30. The van der Waals surface area contributed by atoms with Crippen LogP contribution in [0, 0.1) is 0 Å². The van der Waals surface area contributed by atoms with Gasteiger partial charge < -0.3 is 10.1 Å². The molecule has 1 aromatic heterocycles. The molecule has 88 valence electrons. The lowest BCUT2D eigenvalue weighted by Crippen LogP contribution is -2.06. The highest BCUT2D eigenvalue weighted by molar-refractivity contribution is 7.99. The predicted molar refractivity (Wildman–Crippen MR) is 69.2 cm³/mol. The van der Waals surface area contributed by atoms with Crippen molar-refractivity contribution in [1.82, 2.24) is 9.97 Å². The number of aromatic nitrogens is 2. The summed E-state index contributed by atoms with van der Waals surface area (Å²) in [7, 11) is 0. The van der Waals surface area contributed by atoms with Gasteiger partial charge in [0.2, 0.25) is 5.88 Å². The van der Waals surface area contributed by atoms with Crippen molar-refractivity contribution >= 4 is 17.6 Å². The first-order valence-corrected chi connectivity index (χ1v) is 6.39. The minimum absolute atomic E-state index is 0.610. The van der Waals surface area contributed by atoms with E-state index in [1.165, 1.54) is 6.33 Å². The molecule has 0 unspecified atom stereocenters. The van der Waals surface area contributed by atoms with Crippen molar-refractivity contribution < 1.29 is 4.74 Å². The van der Waals surface area contributed by atoms with Crippen molar-refractivity contribution in [1.29, 1.82) is 0 Å². The molecule has 0 saturated carbocycles. The Labute approximate surface area is 101 Å². The van der Waals surface area contributed by atoms with Crippen molar-refractivity contribution in [3.8, 4) is 5.88 Å². The fourth-order valence-corrected chi connectivity index (χ4v) is 1.66. The summed E-state index contributed by atoms with van der Waals surface area (Å²) in [6.45, 7) is 7.09. The summed E-state index contributed by atoms with van der Waals surface area (Å²) in [6, 6.07) is 1.81. The number of anilines is 1. The molecule has 0 saturated heterocycles. The second-order valence-electron chi connectivity index (χ2n) is 2.96. The molecule has 4 nitrogen and oxygen atoms in total. The Bertz CT molecular complexity index is 320. The second-order valence-corrected chi connectivity index (χ2v) is 4.11. The number of rotatable bonds is 8. The summed E-state index contributed by atoms with van der Waals surface area (Å²) in [5.74, 6) is 3.42. The molecule has 0 spiro atoms. The third-order valence-electron chi connectivity index (χ3n) is 1.72. The minimum Gasteiger partial charge on any atom is -0.478 e. The van der Waals surface area contributed by atoms with E-state index in [4.69, 9.17) is 4.74 Å². The Morgan fingerprint density at radius 2 is 2.44 bits per heavy atom. The highest BCUT2D eigenvalue weighted by atomic mass is 32.2. The van der Waals surface area contributed by atoms with Crippen molar-refractivity contribution in [2.24, 2.45) is 0 Å². The van der Waals surface area contributed by atoms with Gasteiger partial charge in [-0.3, -0.25) is 0 Å². The number of hydrogen-bond acceptors (Lipinski definition) is 5. The maximum atomic E-state index is 5.28. The van der Waals surface area contributed by atoms with Crippen LogP contribution in [0.2, 0.25) is 0 Å². The fourth-order valence-electron chi connectivity index (χ4n) is 1.08. The molecule has 0 fully saturated rings. The zero-order valence-electron chi connectivity index (χ0n) is 9.48. The molecule has 0 bridgehead atoms. The molecule has 0 aromatic carbocycles.